The van der Waals surface area contributed by atoms with Crippen molar-refractivity contribution in [3.05, 3.63) is 59.8 Å². The molecule has 0 bridgehead atoms. The molecule has 2 aromatic heterocycles. The van der Waals surface area contributed by atoms with Gasteiger partial charge in [0, 0.05) is 51.1 Å². The van der Waals surface area contributed by atoms with Gasteiger partial charge < -0.3 is 24.6 Å². The van der Waals surface area contributed by atoms with E-state index in [1.54, 1.807) is 41.4 Å². The van der Waals surface area contributed by atoms with Crippen LogP contribution in [0.2, 0.25) is 5.15 Å². The summed E-state index contributed by atoms with van der Waals surface area (Å²) in [5.41, 5.74) is 1.06. The second-order valence-corrected chi connectivity index (χ2v) is 8.62. The Kier molecular flexibility index (Phi) is 8.21. The topological polar surface area (TPSA) is 115 Å². The van der Waals surface area contributed by atoms with Crippen LogP contribution in [0.3, 0.4) is 0 Å². The largest absolute Gasteiger partial charge is 0.497 e. The standard InChI is InChI=1S/C24H28ClN7O4/c1-35-19-5-3-4-17(12-19)6-7-27-22(33)13-18-15-30(24(34)36-2)10-11-32(18)21-14-20(25)28-23(29-21)31-9-8-26-16-31/h3-5,8-9,12,14,16,18H,6-7,10-11,13,15H2,1-2H3,(H,27,33). The number of hydrogen-bond acceptors (Lipinski definition) is 8. The van der Waals surface area contributed by atoms with Crippen molar-refractivity contribution in [1.29, 1.82) is 0 Å². The highest BCUT2D eigenvalue weighted by Gasteiger charge is 2.33. The zero-order chi connectivity index (χ0) is 25.5. The summed E-state index contributed by atoms with van der Waals surface area (Å²) in [4.78, 5) is 41.6. The first kappa shape index (κ1) is 25.2. The van der Waals surface area contributed by atoms with E-state index in [9.17, 15) is 9.59 Å². The molecule has 1 atom stereocenters. The SMILES string of the molecule is COC(=O)N1CCN(c2cc(Cl)nc(-n3ccnc3)n2)C(CC(=O)NCCc2cccc(OC)c2)C1. The molecule has 1 saturated heterocycles. The number of aromatic nitrogens is 4. The van der Waals surface area contributed by atoms with Gasteiger partial charge in [-0.05, 0) is 24.1 Å². The number of methoxy groups -OCH3 is 2. The number of ether oxygens (including phenoxy) is 2. The van der Waals surface area contributed by atoms with Gasteiger partial charge in [-0.3, -0.25) is 9.36 Å². The molecule has 190 valence electrons. The van der Waals surface area contributed by atoms with Crippen molar-refractivity contribution in [2.24, 2.45) is 0 Å². The van der Waals surface area contributed by atoms with E-state index < -0.39 is 6.09 Å². The van der Waals surface area contributed by atoms with Gasteiger partial charge in [0.2, 0.25) is 11.9 Å². The Morgan fingerprint density at radius 3 is 2.81 bits per heavy atom. The molecule has 1 N–H and O–H groups in total. The number of anilines is 1. The van der Waals surface area contributed by atoms with E-state index in [4.69, 9.17) is 21.1 Å². The summed E-state index contributed by atoms with van der Waals surface area (Å²) in [5, 5.41) is 3.24. The van der Waals surface area contributed by atoms with Crippen molar-refractivity contribution in [1.82, 2.24) is 29.7 Å². The zero-order valence-corrected chi connectivity index (χ0v) is 20.9. The van der Waals surface area contributed by atoms with Gasteiger partial charge in [0.1, 0.15) is 23.0 Å². The fourth-order valence-corrected chi connectivity index (χ4v) is 4.29. The van der Waals surface area contributed by atoms with Gasteiger partial charge in [-0.15, -0.1) is 0 Å². The van der Waals surface area contributed by atoms with Crippen molar-refractivity contribution in [3.63, 3.8) is 0 Å². The summed E-state index contributed by atoms with van der Waals surface area (Å²) in [5.74, 6) is 1.58. The van der Waals surface area contributed by atoms with Gasteiger partial charge in [-0.25, -0.2) is 14.8 Å². The Morgan fingerprint density at radius 1 is 1.19 bits per heavy atom. The Hall–Kier alpha value is -3.86. The zero-order valence-electron chi connectivity index (χ0n) is 20.1. The average molecular weight is 514 g/mol. The first-order valence-electron chi connectivity index (χ1n) is 11.5. The van der Waals surface area contributed by atoms with Crippen LogP contribution in [-0.2, 0) is 16.0 Å². The van der Waals surface area contributed by atoms with Crippen LogP contribution in [0.25, 0.3) is 5.95 Å². The summed E-state index contributed by atoms with van der Waals surface area (Å²) < 4.78 is 11.8. The van der Waals surface area contributed by atoms with Crippen LogP contribution < -0.4 is 15.0 Å². The van der Waals surface area contributed by atoms with Crippen molar-refractivity contribution in [2.45, 2.75) is 18.9 Å². The third-order valence-corrected chi connectivity index (χ3v) is 6.10. The third-order valence-electron chi connectivity index (χ3n) is 5.91. The van der Waals surface area contributed by atoms with Crippen molar-refractivity contribution in [3.8, 4) is 11.7 Å². The average Bonchev–Trinajstić information content (AvgIpc) is 3.43. The molecular weight excluding hydrogens is 486 g/mol. The second kappa shape index (κ2) is 11.7. The molecular formula is C24H28ClN7O4. The quantitative estimate of drug-likeness (QED) is 0.456. The minimum absolute atomic E-state index is 0.130. The molecule has 11 nitrogen and oxygen atoms in total. The van der Waals surface area contributed by atoms with Crippen molar-refractivity contribution in [2.75, 3.05) is 45.3 Å². The van der Waals surface area contributed by atoms with Gasteiger partial charge in [-0.2, -0.15) is 4.98 Å². The van der Waals surface area contributed by atoms with Crippen molar-refractivity contribution >= 4 is 29.4 Å². The summed E-state index contributed by atoms with van der Waals surface area (Å²) >= 11 is 6.31. The molecule has 12 heteroatoms. The van der Waals surface area contributed by atoms with Crippen LogP contribution in [0.1, 0.15) is 12.0 Å². The number of rotatable bonds is 8. The maximum absolute atomic E-state index is 12.9. The highest BCUT2D eigenvalue weighted by molar-refractivity contribution is 6.29. The molecule has 1 aliphatic heterocycles. The van der Waals surface area contributed by atoms with Crippen LogP contribution in [0.5, 0.6) is 5.75 Å². The Morgan fingerprint density at radius 2 is 2.06 bits per heavy atom. The summed E-state index contributed by atoms with van der Waals surface area (Å²) in [6, 6.07) is 9.05. The fourth-order valence-electron chi connectivity index (χ4n) is 4.12. The molecule has 0 aliphatic carbocycles. The molecule has 0 saturated carbocycles. The minimum Gasteiger partial charge on any atom is -0.497 e. The highest BCUT2D eigenvalue weighted by atomic mass is 35.5. The van der Waals surface area contributed by atoms with Gasteiger partial charge in [0.25, 0.3) is 0 Å². The molecule has 2 amide bonds. The molecule has 36 heavy (non-hydrogen) atoms. The fraction of sp³-hybridized carbons (Fsp3) is 0.375. The third kappa shape index (κ3) is 6.22. The predicted octanol–water partition coefficient (Wildman–Crippen LogP) is 2.33. The van der Waals surface area contributed by atoms with E-state index in [-0.39, 0.29) is 23.5 Å². The molecule has 1 aliphatic rings. The number of benzene rings is 1. The summed E-state index contributed by atoms with van der Waals surface area (Å²) in [6.07, 6.45) is 5.32. The number of carbonyl (C=O) groups excluding carboxylic acids is 2. The van der Waals surface area contributed by atoms with Gasteiger partial charge >= 0.3 is 6.09 Å². The number of carbonyl (C=O) groups is 2. The lowest BCUT2D eigenvalue weighted by molar-refractivity contribution is -0.121. The Balaban J connectivity index is 1.47. The van der Waals surface area contributed by atoms with Gasteiger partial charge in [0.05, 0.1) is 20.3 Å². The summed E-state index contributed by atoms with van der Waals surface area (Å²) in [7, 11) is 2.97. The van der Waals surface area contributed by atoms with Crippen molar-refractivity contribution < 1.29 is 19.1 Å². The van der Waals surface area contributed by atoms with E-state index in [0.717, 1.165) is 11.3 Å². The number of nitrogens with one attached hydrogen (secondary N) is 1. The van der Waals surface area contributed by atoms with Gasteiger partial charge in [0.15, 0.2) is 0 Å². The van der Waals surface area contributed by atoms with Crippen LogP contribution >= 0.6 is 11.6 Å². The molecule has 4 rings (SSSR count). The number of halogens is 1. The lowest BCUT2D eigenvalue weighted by Gasteiger charge is -2.41. The minimum atomic E-state index is -0.432. The van der Waals surface area contributed by atoms with Crippen LogP contribution in [-0.4, -0.2) is 82.9 Å². The Labute approximate surface area is 214 Å². The second-order valence-electron chi connectivity index (χ2n) is 8.24. The number of nitrogens with zero attached hydrogens (tertiary/aromatic N) is 6. The van der Waals surface area contributed by atoms with Gasteiger partial charge in [-0.1, -0.05) is 23.7 Å². The Bertz CT molecular complexity index is 1190. The molecule has 3 aromatic rings. The van der Waals surface area contributed by atoms with E-state index in [1.165, 1.54) is 7.11 Å². The predicted molar refractivity (Wildman–Crippen MR) is 134 cm³/mol. The highest BCUT2D eigenvalue weighted by Crippen LogP contribution is 2.24. The van der Waals surface area contributed by atoms with E-state index in [0.29, 0.717) is 44.4 Å². The number of hydrogen-bond donors (Lipinski definition) is 1. The molecule has 1 aromatic carbocycles. The lowest BCUT2D eigenvalue weighted by Crippen LogP contribution is -2.56. The maximum Gasteiger partial charge on any atom is 0.409 e. The molecule has 0 radical (unpaired) electrons. The van der Waals surface area contributed by atoms with Crippen LogP contribution in [0.4, 0.5) is 10.6 Å². The van der Waals surface area contributed by atoms with E-state index >= 15 is 0 Å². The molecule has 0 spiro atoms. The van der Waals surface area contributed by atoms with Crippen LogP contribution in [0.15, 0.2) is 49.1 Å². The molecule has 1 fully saturated rings. The van der Waals surface area contributed by atoms with Crippen LogP contribution in [0, 0.1) is 0 Å². The first-order chi connectivity index (χ1) is 17.5. The monoisotopic (exact) mass is 513 g/mol. The lowest BCUT2D eigenvalue weighted by atomic mass is 10.1. The van der Waals surface area contributed by atoms with E-state index in [1.807, 2.05) is 29.2 Å². The maximum atomic E-state index is 12.9. The smallest absolute Gasteiger partial charge is 0.409 e. The summed E-state index contributed by atoms with van der Waals surface area (Å²) in [6.45, 7) is 1.65. The number of amides is 2. The number of imidazole rings is 1. The first-order valence-corrected chi connectivity index (χ1v) is 11.9. The normalized spacial score (nSPS) is 15.5. The molecule has 3 heterocycles. The number of piperazine rings is 1. The van der Waals surface area contributed by atoms with E-state index in [2.05, 4.69) is 20.3 Å². The molecule has 1 unspecified atom stereocenters.